The summed E-state index contributed by atoms with van der Waals surface area (Å²) in [4.78, 5) is 8.50. The van der Waals surface area contributed by atoms with E-state index in [4.69, 9.17) is 0 Å². The molecule has 6 nitrogen and oxygen atoms in total. The minimum absolute atomic E-state index is 0.0674. The van der Waals surface area contributed by atoms with Gasteiger partial charge in [0.2, 0.25) is 10.0 Å². The molecule has 0 amide bonds. The van der Waals surface area contributed by atoms with Crippen LogP contribution in [0.5, 0.6) is 0 Å². The van der Waals surface area contributed by atoms with Crippen LogP contribution in [0, 0.1) is 0 Å². The number of aromatic nitrogens is 1. The van der Waals surface area contributed by atoms with E-state index in [1.165, 1.54) is 11.8 Å². The van der Waals surface area contributed by atoms with Crippen LogP contribution in [-0.4, -0.2) is 51.5 Å². The van der Waals surface area contributed by atoms with E-state index in [2.05, 4.69) is 26.7 Å². The lowest BCUT2D eigenvalue weighted by Gasteiger charge is -2.17. The van der Waals surface area contributed by atoms with Crippen molar-refractivity contribution < 1.29 is 8.42 Å². The Morgan fingerprint density at radius 3 is 2.60 bits per heavy atom. The summed E-state index contributed by atoms with van der Waals surface area (Å²) in [5.41, 5.74) is 1.24. The molecule has 0 aliphatic carbocycles. The molecule has 2 aromatic rings. The highest BCUT2D eigenvalue weighted by molar-refractivity contribution is 7.89. The summed E-state index contributed by atoms with van der Waals surface area (Å²) in [7, 11) is 0.199. The van der Waals surface area contributed by atoms with Crippen molar-refractivity contribution in [1.82, 2.24) is 14.6 Å². The van der Waals surface area contributed by atoms with Gasteiger partial charge in [-0.1, -0.05) is 30.3 Å². The number of pyridine rings is 1. The van der Waals surface area contributed by atoms with E-state index in [0.29, 0.717) is 0 Å². The molecule has 1 N–H and O–H groups in total. The lowest BCUT2D eigenvalue weighted by Crippen LogP contribution is -2.37. The Kier molecular flexibility index (Phi) is 5.36. The van der Waals surface area contributed by atoms with Crippen molar-refractivity contribution >= 4 is 15.8 Å². The molecule has 7 heteroatoms. The van der Waals surface area contributed by atoms with E-state index >= 15 is 0 Å². The van der Waals surface area contributed by atoms with Crippen molar-refractivity contribution in [3.63, 3.8) is 0 Å². The number of hydrogen-bond donors (Lipinski definition) is 1. The van der Waals surface area contributed by atoms with Crippen LogP contribution in [0.25, 0.3) is 0 Å². The van der Waals surface area contributed by atoms with Crippen LogP contribution in [0.1, 0.15) is 12.0 Å². The first-order chi connectivity index (χ1) is 11.9. The molecule has 1 atom stereocenters. The van der Waals surface area contributed by atoms with Gasteiger partial charge < -0.3 is 4.90 Å². The molecule has 0 unspecified atom stereocenters. The molecule has 2 heterocycles. The highest BCUT2D eigenvalue weighted by atomic mass is 32.2. The molecule has 1 saturated heterocycles. The van der Waals surface area contributed by atoms with Crippen molar-refractivity contribution in [3.05, 3.63) is 54.2 Å². The molecule has 1 aromatic heterocycles. The van der Waals surface area contributed by atoms with E-state index in [0.717, 1.165) is 31.9 Å². The Hall–Kier alpha value is -1.96. The van der Waals surface area contributed by atoms with Crippen LogP contribution >= 0.6 is 0 Å². The van der Waals surface area contributed by atoms with Crippen LogP contribution in [0.15, 0.2) is 53.6 Å². The number of nitrogens with one attached hydrogen (secondary N) is 1. The predicted octanol–water partition coefficient (Wildman–Crippen LogP) is 1.70. The third-order valence-electron chi connectivity index (χ3n) is 4.33. The van der Waals surface area contributed by atoms with Crippen LogP contribution in [-0.2, 0) is 16.6 Å². The second kappa shape index (κ2) is 7.51. The van der Waals surface area contributed by atoms with Gasteiger partial charge in [-0.2, -0.15) is 0 Å². The molecule has 134 valence electrons. The van der Waals surface area contributed by atoms with Crippen molar-refractivity contribution in [3.8, 4) is 0 Å². The topological polar surface area (TPSA) is 65.5 Å². The summed E-state index contributed by atoms with van der Waals surface area (Å²) >= 11 is 0. The summed E-state index contributed by atoms with van der Waals surface area (Å²) in [6.45, 7) is 2.45. The second-order valence-corrected chi connectivity index (χ2v) is 8.29. The molecular weight excluding hydrogens is 336 g/mol. The van der Waals surface area contributed by atoms with Crippen LogP contribution in [0.3, 0.4) is 0 Å². The number of rotatable bonds is 6. The summed E-state index contributed by atoms with van der Waals surface area (Å²) < 4.78 is 27.9. The summed E-state index contributed by atoms with van der Waals surface area (Å²) in [5, 5.41) is 0. The van der Waals surface area contributed by atoms with Gasteiger partial charge in [-0.05, 0) is 24.1 Å². The Morgan fingerprint density at radius 1 is 1.20 bits per heavy atom. The summed E-state index contributed by atoms with van der Waals surface area (Å²) in [5.74, 6) is 0.730. The molecule has 0 bridgehead atoms. The van der Waals surface area contributed by atoms with Gasteiger partial charge in [0.1, 0.15) is 10.7 Å². The highest BCUT2D eigenvalue weighted by Gasteiger charge is 2.27. The van der Waals surface area contributed by atoms with Gasteiger partial charge in [0, 0.05) is 46.0 Å². The van der Waals surface area contributed by atoms with Gasteiger partial charge in [-0.25, -0.2) is 18.1 Å². The SMILES string of the molecule is CN(C)c1ccc(S(=O)(=O)N[C@H]2CCN(Cc3ccccc3)C2)cn1. The smallest absolute Gasteiger partial charge is 0.242 e. The first-order valence-electron chi connectivity index (χ1n) is 8.36. The van der Waals surface area contributed by atoms with Gasteiger partial charge in [0.15, 0.2) is 0 Å². The molecule has 25 heavy (non-hydrogen) atoms. The molecule has 3 rings (SSSR count). The van der Waals surface area contributed by atoms with E-state index in [1.807, 2.05) is 37.2 Å². The van der Waals surface area contributed by atoms with Crippen LogP contribution in [0.4, 0.5) is 5.82 Å². The van der Waals surface area contributed by atoms with Gasteiger partial charge in [0.25, 0.3) is 0 Å². The Labute approximate surface area is 149 Å². The van der Waals surface area contributed by atoms with Crippen LogP contribution in [0.2, 0.25) is 0 Å². The number of hydrogen-bond acceptors (Lipinski definition) is 5. The lowest BCUT2D eigenvalue weighted by molar-refractivity contribution is 0.324. The first-order valence-corrected chi connectivity index (χ1v) is 9.84. The maximum Gasteiger partial charge on any atom is 0.242 e. The summed E-state index contributed by atoms with van der Waals surface area (Å²) in [6.07, 6.45) is 2.23. The molecule has 0 radical (unpaired) electrons. The number of benzene rings is 1. The monoisotopic (exact) mass is 360 g/mol. The average molecular weight is 360 g/mol. The number of sulfonamides is 1. The molecule has 0 spiro atoms. The van der Waals surface area contributed by atoms with E-state index < -0.39 is 10.0 Å². The maximum absolute atomic E-state index is 12.6. The van der Waals surface area contributed by atoms with Crippen molar-refractivity contribution in [2.24, 2.45) is 0 Å². The molecule has 1 aromatic carbocycles. The average Bonchev–Trinajstić information content (AvgIpc) is 3.02. The quantitative estimate of drug-likeness (QED) is 0.849. The third-order valence-corrected chi connectivity index (χ3v) is 5.84. The number of likely N-dealkylation sites (tertiary alicyclic amines) is 1. The largest absolute Gasteiger partial charge is 0.363 e. The fourth-order valence-electron chi connectivity index (χ4n) is 3.00. The maximum atomic E-state index is 12.6. The van der Waals surface area contributed by atoms with Crippen molar-refractivity contribution in [1.29, 1.82) is 0 Å². The molecular formula is C18H24N4O2S. The number of anilines is 1. The Morgan fingerprint density at radius 2 is 1.96 bits per heavy atom. The molecule has 1 aliphatic heterocycles. The van der Waals surface area contributed by atoms with Gasteiger partial charge in [-0.3, -0.25) is 4.90 Å². The zero-order valence-electron chi connectivity index (χ0n) is 14.6. The Balaban J connectivity index is 1.60. The molecule has 1 aliphatic rings. The standard InChI is InChI=1S/C18H24N4O2S/c1-21(2)18-9-8-17(12-19-18)25(23,24)20-16-10-11-22(14-16)13-15-6-4-3-5-7-15/h3-9,12,16,20H,10-11,13-14H2,1-2H3/t16-/m0/s1. The zero-order valence-corrected chi connectivity index (χ0v) is 15.4. The fraction of sp³-hybridized carbons (Fsp3) is 0.389. The van der Waals surface area contributed by atoms with E-state index in [-0.39, 0.29) is 10.9 Å². The van der Waals surface area contributed by atoms with Gasteiger partial charge >= 0.3 is 0 Å². The lowest BCUT2D eigenvalue weighted by atomic mass is 10.2. The predicted molar refractivity (Wildman–Crippen MR) is 99.0 cm³/mol. The van der Waals surface area contributed by atoms with Gasteiger partial charge in [-0.15, -0.1) is 0 Å². The fourth-order valence-corrected chi connectivity index (χ4v) is 4.20. The number of nitrogens with zero attached hydrogens (tertiary/aromatic N) is 3. The van der Waals surface area contributed by atoms with Crippen molar-refractivity contribution in [2.75, 3.05) is 32.1 Å². The third kappa shape index (κ3) is 4.56. The second-order valence-electron chi connectivity index (χ2n) is 6.57. The zero-order chi connectivity index (χ0) is 17.9. The summed E-state index contributed by atoms with van der Waals surface area (Å²) in [6, 6.07) is 13.5. The minimum atomic E-state index is -3.54. The van der Waals surface area contributed by atoms with E-state index in [9.17, 15) is 8.42 Å². The van der Waals surface area contributed by atoms with Gasteiger partial charge in [0.05, 0.1) is 0 Å². The van der Waals surface area contributed by atoms with E-state index in [1.54, 1.807) is 12.1 Å². The molecule has 0 saturated carbocycles. The molecule has 1 fully saturated rings. The van der Waals surface area contributed by atoms with Crippen LogP contribution < -0.4 is 9.62 Å². The normalized spacial score (nSPS) is 18.4. The van der Waals surface area contributed by atoms with Crippen molar-refractivity contribution in [2.45, 2.75) is 23.9 Å². The highest BCUT2D eigenvalue weighted by Crippen LogP contribution is 2.17. The Bertz CT molecular complexity index is 792. The minimum Gasteiger partial charge on any atom is -0.363 e. The first kappa shape index (κ1) is 17.8.